The third-order valence-electron chi connectivity index (χ3n) is 1.08. The maximum absolute atomic E-state index is 8.27. The highest BCUT2D eigenvalue weighted by molar-refractivity contribution is 6.69. The summed E-state index contributed by atoms with van der Waals surface area (Å²) in [4.78, 5) is 7.76. The molecule has 0 saturated heterocycles. The fraction of sp³-hybridized carbons (Fsp3) is 0.167. The van der Waals surface area contributed by atoms with Crippen molar-refractivity contribution < 1.29 is 5.21 Å². The van der Waals surface area contributed by atoms with Gasteiger partial charge < -0.3 is 5.21 Å². The zero-order chi connectivity index (χ0) is 8.27. The van der Waals surface area contributed by atoms with Crippen LogP contribution >= 0.6 is 11.6 Å². The number of hydrogen-bond acceptors (Lipinski definition) is 4. The molecular formula is C6H6ClN3O. The van der Waals surface area contributed by atoms with Crippen LogP contribution in [0, 0.1) is 6.92 Å². The van der Waals surface area contributed by atoms with Crippen LogP contribution in [0.1, 0.15) is 11.5 Å². The van der Waals surface area contributed by atoms with Crippen LogP contribution in [0.15, 0.2) is 17.4 Å². The maximum Gasteiger partial charge on any atom is 0.193 e. The van der Waals surface area contributed by atoms with Gasteiger partial charge in [0.25, 0.3) is 0 Å². The van der Waals surface area contributed by atoms with Gasteiger partial charge in [0.15, 0.2) is 5.17 Å². The molecule has 1 aromatic rings. The van der Waals surface area contributed by atoms with Gasteiger partial charge in [0.05, 0.1) is 0 Å². The zero-order valence-corrected chi connectivity index (χ0v) is 6.58. The van der Waals surface area contributed by atoms with E-state index in [-0.39, 0.29) is 5.17 Å². The minimum Gasteiger partial charge on any atom is -0.410 e. The van der Waals surface area contributed by atoms with Crippen molar-refractivity contribution in [2.75, 3.05) is 0 Å². The van der Waals surface area contributed by atoms with E-state index in [1.165, 1.54) is 0 Å². The molecule has 0 radical (unpaired) electrons. The molecule has 0 saturated carbocycles. The van der Waals surface area contributed by atoms with Crippen LogP contribution in [0.3, 0.4) is 0 Å². The first kappa shape index (κ1) is 7.94. The molecule has 1 aromatic heterocycles. The minimum atomic E-state index is -0.0319. The van der Waals surface area contributed by atoms with E-state index in [1.54, 1.807) is 19.2 Å². The van der Waals surface area contributed by atoms with E-state index in [9.17, 15) is 0 Å². The molecule has 0 spiro atoms. The topological polar surface area (TPSA) is 58.4 Å². The molecule has 0 amide bonds. The first-order chi connectivity index (χ1) is 5.24. The molecule has 1 rings (SSSR count). The minimum absolute atomic E-state index is 0.0319. The van der Waals surface area contributed by atoms with E-state index in [1.807, 2.05) is 0 Å². The molecule has 58 valence electrons. The average Bonchev–Trinajstić information content (AvgIpc) is 2.03. The number of halogens is 1. The Morgan fingerprint density at radius 2 is 2.45 bits per heavy atom. The Bertz CT molecular complexity index is 287. The molecule has 0 aliphatic heterocycles. The zero-order valence-electron chi connectivity index (χ0n) is 5.82. The third kappa shape index (κ3) is 1.88. The lowest BCUT2D eigenvalue weighted by atomic mass is 10.4. The summed E-state index contributed by atoms with van der Waals surface area (Å²) in [6.45, 7) is 1.73. The molecular weight excluding hydrogens is 166 g/mol. The highest BCUT2D eigenvalue weighted by Crippen LogP contribution is 2.00. The highest BCUT2D eigenvalue weighted by Gasteiger charge is 2.00. The van der Waals surface area contributed by atoms with Crippen molar-refractivity contribution in [1.82, 2.24) is 9.97 Å². The predicted octanol–water partition coefficient (Wildman–Crippen LogP) is 1.16. The first-order valence-electron chi connectivity index (χ1n) is 2.91. The Hall–Kier alpha value is -1.16. The van der Waals surface area contributed by atoms with E-state index >= 15 is 0 Å². The van der Waals surface area contributed by atoms with Crippen molar-refractivity contribution in [1.29, 1.82) is 0 Å². The quantitative estimate of drug-likeness (QED) is 0.392. The van der Waals surface area contributed by atoms with Gasteiger partial charge in [-0.05, 0) is 13.0 Å². The Morgan fingerprint density at radius 3 is 3.00 bits per heavy atom. The molecule has 0 aliphatic rings. The monoisotopic (exact) mass is 171 g/mol. The molecule has 4 nitrogen and oxygen atoms in total. The Labute approximate surface area is 68.5 Å². The third-order valence-corrected chi connectivity index (χ3v) is 1.34. The summed E-state index contributed by atoms with van der Waals surface area (Å²) < 4.78 is 0. The lowest BCUT2D eigenvalue weighted by molar-refractivity contribution is 0.320. The van der Waals surface area contributed by atoms with E-state index in [0.717, 1.165) is 0 Å². The van der Waals surface area contributed by atoms with E-state index in [2.05, 4.69) is 15.1 Å². The van der Waals surface area contributed by atoms with E-state index in [4.69, 9.17) is 16.8 Å². The Kier molecular flexibility index (Phi) is 2.38. The summed E-state index contributed by atoms with van der Waals surface area (Å²) >= 11 is 5.47. The van der Waals surface area contributed by atoms with Crippen molar-refractivity contribution in [3.63, 3.8) is 0 Å². The number of oxime groups is 1. The molecule has 0 aliphatic carbocycles. The van der Waals surface area contributed by atoms with Gasteiger partial charge in [-0.15, -0.1) is 0 Å². The SMILES string of the molecule is Cc1nccc(/C(Cl)=N/O)n1. The fourth-order valence-corrected chi connectivity index (χ4v) is 0.728. The van der Waals surface area contributed by atoms with Gasteiger partial charge in [0.2, 0.25) is 0 Å². The normalized spacial score (nSPS) is 11.6. The lowest BCUT2D eigenvalue weighted by Gasteiger charge is -1.94. The van der Waals surface area contributed by atoms with Gasteiger partial charge in [-0.2, -0.15) is 0 Å². The summed E-state index contributed by atoms with van der Waals surface area (Å²) in [5.41, 5.74) is 0.418. The van der Waals surface area contributed by atoms with Gasteiger partial charge >= 0.3 is 0 Å². The largest absolute Gasteiger partial charge is 0.410 e. The summed E-state index contributed by atoms with van der Waals surface area (Å²) in [6.07, 6.45) is 1.55. The Balaban J connectivity index is 3.06. The van der Waals surface area contributed by atoms with Crippen LogP contribution < -0.4 is 0 Å². The number of aryl methyl sites for hydroxylation is 1. The second-order valence-corrected chi connectivity index (χ2v) is 2.24. The van der Waals surface area contributed by atoms with Gasteiger partial charge in [0, 0.05) is 6.20 Å². The molecule has 0 aromatic carbocycles. The van der Waals surface area contributed by atoms with Crippen LogP contribution in [-0.4, -0.2) is 20.3 Å². The second kappa shape index (κ2) is 3.30. The van der Waals surface area contributed by atoms with Gasteiger partial charge in [-0.3, -0.25) is 0 Å². The van der Waals surface area contributed by atoms with Crippen molar-refractivity contribution in [2.45, 2.75) is 6.92 Å². The van der Waals surface area contributed by atoms with Crippen LogP contribution in [0.4, 0.5) is 0 Å². The molecule has 5 heteroatoms. The second-order valence-electron chi connectivity index (χ2n) is 1.88. The van der Waals surface area contributed by atoms with Crippen LogP contribution in [0.5, 0.6) is 0 Å². The number of aromatic nitrogens is 2. The number of nitrogens with zero attached hydrogens (tertiary/aromatic N) is 3. The predicted molar refractivity (Wildman–Crippen MR) is 40.9 cm³/mol. The molecule has 0 atom stereocenters. The summed E-state index contributed by atoms with van der Waals surface area (Å²) in [5.74, 6) is 0.587. The standard InChI is InChI=1S/C6H6ClN3O/c1-4-8-3-2-5(9-4)6(7)10-11/h2-3,11H,1H3/b10-6-. The molecule has 11 heavy (non-hydrogen) atoms. The molecule has 1 N–H and O–H groups in total. The van der Waals surface area contributed by atoms with Gasteiger partial charge in [-0.25, -0.2) is 9.97 Å². The number of rotatable bonds is 1. The fourth-order valence-electron chi connectivity index (χ4n) is 0.622. The first-order valence-corrected chi connectivity index (χ1v) is 3.29. The van der Waals surface area contributed by atoms with Gasteiger partial charge in [0.1, 0.15) is 11.5 Å². The molecule has 0 unspecified atom stereocenters. The van der Waals surface area contributed by atoms with Crippen LogP contribution in [0.25, 0.3) is 0 Å². The summed E-state index contributed by atoms with van der Waals surface area (Å²) in [5, 5.41) is 11.0. The van der Waals surface area contributed by atoms with Crippen molar-refractivity contribution in [3.8, 4) is 0 Å². The average molecular weight is 172 g/mol. The van der Waals surface area contributed by atoms with E-state index in [0.29, 0.717) is 11.5 Å². The lowest BCUT2D eigenvalue weighted by Crippen LogP contribution is -1.98. The smallest absolute Gasteiger partial charge is 0.193 e. The maximum atomic E-state index is 8.27. The highest BCUT2D eigenvalue weighted by atomic mass is 35.5. The molecule has 1 heterocycles. The van der Waals surface area contributed by atoms with E-state index < -0.39 is 0 Å². The van der Waals surface area contributed by atoms with Gasteiger partial charge in [-0.1, -0.05) is 16.8 Å². The number of hydrogen-bond donors (Lipinski definition) is 1. The van der Waals surface area contributed by atoms with Crippen molar-refractivity contribution >= 4 is 16.8 Å². The molecule has 0 fully saturated rings. The Morgan fingerprint density at radius 1 is 1.73 bits per heavy atom. The molecule has 0 bridgehead atoms. The van der Waals surface area contributed by atoms with Crippen LogP contribution in [-0.2, 0) is 0 Å². The van der Waals surface area contributed by atoms with Crippen LogP contribution in [0.2, 0.25) is 0 Å². The summed E-state index contributed by atoms with van der Waals surface area (Å²) in [6, 6.07) is 1.56. The van der Waals surface area contributed by atoms with Crippen molar-refractivity contribution in [3.05, 3.63) is 23.8 Å². The van der Waals surface area contributed by atoms with Crippen molar-refractivity contribution in [2.24, 2.45) is 5.16 Å². The summed E-state index contributed by atoms with van der Waals surface area (Å²) in [7, 11) is 0.